The van der Waals surface area contributed by atoms with Crippen LogP contribution in [0, 0.1) is 0 Å². The summed E-state index contributed by atoms with van der Waals surface area (Å²) in [6, 6.07) is 6.60. The molecule has 9 heteroatoms. The van der Waals surface area contributed by atoms with Gasteiger partial charge in [0.25, 0.3) is 10.0 Å². The number of thioether (sulfide) groups is 1. The summed E-state index contributed by atoms with van der Waals surface area (Å²) >= 11 is 1.62. The van der Waals surface area contributed by atoms with Gasteiger partial charge >= 0.3 is 5.97 Å². The molecule has 2 heterocycles. The highest BCUT2D eigenvalue weighted by atomic mass is 32.2. The van der Waals surface area contributed by atoms with Crippen molar-refractivity contribution in [1.82, 2.24) is 8.87 Å². The van der Waals surface area contributed by atoms with Gasteiger partial charge in [-0.05, 0) is 41.5 Å². The predicted octanol–water partition coefficient (Wildman–Crippen LogP) is 5.14. The lowest BCUT2D eigenvalue weighted by atomic mass is 9.79. The van der Waals surface area contributed by atoms with Gasteiger partial charge in [0.1, 0.15) is 11.4 Å². The standard InChI is InChI=1S/C25H34N2O5S2/c1-8-27-20(23(29)30)9-10-21(27)34(31,32)26-12-11-16(15-26)33-17-13-18(24(2,3)4)22(28)19(14-17)25(5,6)7/h8-10,13-14,16,28H,1,11-12,15H2,2-7H3,(H,29,30)/t16-/m1/s1. The van der Waals surface area contributed by atoms with Crippen molar-refractivity contribution in [3.63, 3.8) is 0 Å². The molecule has 0 saturated carbocycles. The first-order valence-electron chi connectivity index (χ1n) is 11.2. The molecule has 1 aromatic carbocycles. The van der Waals surface area contributed by atoms with E-state index in [2.05, 4.69) is 48.1 Å². The summed E-state index contributed by atoms with van der Waals surface area (Å²) in [4.78, 5) is 12.4. The quantitative estimate of drug-likeness (QED) is 0.563. The largest absolute Gasteiger partial charge is 0.507 e. The van der Waals surface area contributed by atoms with Crippen LogP contribution in [0.2, 0.25) is 0 Å². The van der Waals surface area contributed by atoms with Crippen LogP contribution in [0.15, 0.2) is 40.8 Å². The maximum absolute atomic E-state index is 13.3. The van der Waals surface area contributed by atoms with Crippen LogP contribution < -0.4 is 0 Å². The third-order valence-corrected chi connectivity index (χ3v) is 9.10. The summed E-state index contributed by atoms with van der Waals surface area (Å²) in [6.07, 6.45) is 1.87. The van der Waals surface area contributed by atoms with Gasteiger partial charge in [-0.2, -0.15) is 4.31 Å². The minimum Gasteiger partial charge on any atom is -0.507 e. The number of phenols is 1. The molecule has 0 unspecified atom stereocenters. The van der Waals surface area contributed by atoms with Gasteiger partial charge in [-0.3, -0.25) is 0 Å². The second-order valence-corrected chi connectivity index (χ2v) is 13.9. The zero-order chi connectivity index (χ0) is 25.6. The lowest BCUT2D eigenvalue weighted by Crippen LogP contribution is -2.30. The number of carboxylic acid groups (broad SMARTS) is 1. The van der Waals surface area contributed by atoms with Crippen molar-refractivity contribution >= 4 is 34.0 Å². The molecular formula is C25H34N2O5S2. The lowest BCUT2D eigenvalue weighted by molar-refractivity contribution is 0.0688. The SMILES string of the molecule is C=Cn1c(C(=O)O)ccc1S(=O)(=O)N1CC[C@@H](Sc2cc(C(C)(C)C)c(O)c(C(C)(C)C)c2)C1. The Morgan fingerprint density at radius 3 is 2.15 bits per heavy atom. The molecule has 3 rings (SSSR count). The molecule has 1 aromatic heterocycles. The number of benzene rings is 1. The topological polar surface area (TPSA) is 99.8 Å². The average Bonchev–Trinajstić information content (AvgIpc) is 3.34. The van der Waals surface area contributed by atoms with Crippen molar-refractivity contribution in [3.05, 3.63) is 47.7 Å². The number of carboxylic acids is 1. The molecule has 34 heavy (non-hydrogen) atoms. The molecular weight excluding hydrogens is 472 g/mol. The molecule has 1 saturated heterocycles. The van der Waals surface area contributed by atoms with Crippen LogP contribution in [-0.2, 0) is 20.9 Å². The summed E-state index contributed by atoms with van der Waals surface area (Å²) in [7, 11) is -3.88. The highest BCUT2D eigenvalue weighted by molar-refractivity contribution is 8.00. The van der Waals surface area contributed by atoms with Gasteiger partial charge in [-0.1, -0.05) is 48.1 Å². The van der Waals surface area contributed by atoms with Crippen LogP contribution in [0.5, 0.6) is 5.75 Å². The number of aromatic nitrogens is 1. The second kappa shape index (κ2) is 9.09. The molecule has 0 bridgehead atoms. The zero-order valence-corrected chi connectivity index (χ0v) is 22.3. The molecule has 1 aliphatic rings. The molecule has 1 fully saturated rings. The molecule has 2 aromatic rings. The average molecular weight is 507 g/mol. The number of aromatic carboxylic acids is 1. The van der Waals surface area contributed by atoms with Gasteiger partial charge in [0.2, 0.25) is 0 Å². The molecule has 1 aliphatic heterocycles. The van der Waals surface area contributed by atoms with E-state index in [1.807, 2.05) is 12.1 Å². The molecule has 1 atom stereocenters. The number of phenolic OH excluding ortho intramolecular Hbond substituents is 1. The molecule has 0 radical (unpaired) electrons. The molecule has 2 N–H and O–H groups in total. The Balaban J connectivity index is 1.89. The molecule has 7 nitrogen and oxygen atoms in total. The van der Waals surface area contributed by atoms with E-state index in [4.69, 9.17) is 0 Å². The van der Waals surface area contributed by atoms with E-state index in [-0.39, 0.29) is 26.8 Å². The monoisotopic (exact) mass is 506 g/mol. The van der Waals surface area contributed by atoms with Crippen molar-refractivity contribution in [1.29, 1.82) is 0 Å². The van der Waals surface area contributed by atoms with Crippen molar-refractivity contribution < 1.29 is 23.4 Å². The molecule has 0 spiro atoms. The fourth-order valence-corrected chi connectivity index (χ4v) is 7.14. The van der Waals surface area contributed by atoms with Crippen LogP contribution in [-0.4, -0.2) is 51.8 Å². The van der Waals surface area contributed by atoms with Crippen molar-refractivity contribution in [2.24, 2.45) is 0 Å². The van der Waals surface area contributed by atoms with Gasteiger partial charge in [-0.25, -0.2) is 13.2 Å². The van der Waals surface area contributed by atoms with Gasteiger partial charge in [-0.15, -0.1) is 11.8 Å². The van der Waals surface area contributed by atoms with Crippen LogP contribution in [0.1, 0.15) is 69.6 Å². The predicted molar refractivity (Wildman–Crippen MR) is 136 cm³/mol. The molecule has 0 aliphatic carbocycles. The Morgan fingerprint density at radius 1 is 1.12 bits per heavy atom. The number of rotatable bonds is 6. The van der Waals surface area contributed by atoms with Crippen LogP contribution >= 0.6 is 11.8 Å². The second-order valence-electron chi connectivity index (χ2n) is 10.7. The normalized spacial score (nSPS) is 17.8. The van der Waals surface area contributed by atoms with Crippen LogP contribution in [0.4, 0.5) is 0 Å². The highest BCUT2D eigenvalue weighted by Crippen LogP contribution is 2.43. The van der Waals surface area contributed by atoms with Crippen LogP contribution in [0.25, 0.3) is 6.20 Å². The maximum Gasteiger partial charge on any atom is 0.352 e. The van der Waals surface area contributed by atoms with E-state index in [0.717, 1.165) is 20.6 Å². The van der Waals surface area contributed by atoms with Crippen LogP contribution in [0.3, 0.4) is 0 Å². The summed E-state index contributed by atoms with van der Waals surface area (Å²) in [5, 5.41) is 20.2. The summed E-state index contributed by atoms with van der Waals surface area (Å²) < 4.78 is 29.1. The number of nitrogens with zero attached hydrogens (tertiary/aromatic N) is 2. The number of carbonyl (C=O) groups is 1. The van der Waals surface area contributed by atoms with Gasteiger partial charge in [0, 0.05) is 40.6 Å². The van der Waals surface area contributed by atoms with E-state index >= 15 is 0 Å². The van der Waals surface area contributed by atoms with E-state index < -0.39 is 16.0 Å². The lowest BCUT2D eigenvalue weighted by Gasteiger charge is -2.28. The Kier molecular flexibility index (Phi) is 7.05. The van der Waals surface area contributed by atoms with Crippen molar-refractivity contribution in [3.8, 4) is 5.75 Å². The Hall–Kier alpha value is -2.23. The number of hydrogen-bond acceptors (Lipinski definition) is 5. The number of sulfonamides is 1. The first-order chi connectivity index (χ1) is 15.6. The smallest absolute Gasteiger partial charge is 0.352 e. The zero-order valence-electron chi connectivity index (χ0n) is 20.6. The number of aromatic hydroxyl groups is 1. The Labute approximate surface area is 206 Å². The third-order valence-electron chi connectivity index (χ3n) is 6.00. The van der Waals surface area contributed by atoms with Crippen molar-refractivity contribution in [2.75, 3.05) is 13.1 Å². The first kappa shape index (κ1) is 26.4. The van der Waals surface area contributed by atoms with Gasteiger partial charge in [0.15, 0.2) is 5.03 Å². The number of hydrogen-bond donors (Lipinski definition) is 2. The Morgan fingerprint density at radius 2 is 1.68 bits per heavy atom. The Bertz CT molecular complexity index is 1180. The van der Waals surface area contributed by atoms with Gasteiger partial charge < -0.3 is 14.8 Å². The molecule has 186 valence electrons. The van der Waals surface area contributed by atoms with E-state index in [0.29, 0.717) is 25.3 Å². The summed E-state index contributed by atoms with van der Waals surface area (Å²) in [5.41, 5.74) is 1.10. The minimum atomic E-state index is -3.88. The van der Waals surface area contributed by atoms with Crippen molar-refractivity contribution in [2.45, 2.75) is 74.0 Å². The minimum absolute atomic E-state index is 0.0334. The fraction of sp³-hybridized carbons (Fsp3) is 0.480. The van der Waals surface area contributed by atoms with Gasteiger partial charge in [0.05, 0.1) is 0 Å². The van der Waals surface area contributed by atoms with E-state index in [1.54, 1.807) is 11.8 Å². The first-order valence-corrected chi connectivity index (χ1v) is 13.5. The third kappa shape index (κ3) is 5.06. The molecule has 0 amide bonds. The fourth-order valence-electron chi connectivity index (χ4n) is 4.16. The summed E-state index contributed by atoms with van der Waals surface area (Å²) in [6.45, 7) is 16.6. The van der Waals surface area contributed by atoms with E-state index in [9.17, 15) is 23.4 Å². The highest BCUT2D eigenvalue weighted by Gasteiger charge is 2.36. The van der Waals surface area contributed by atoms with E-state index in [1.165, 1.54) is 22.6 Å². The maximum atomic E-state index is 13.3. The summed E-state index contributed by atoms with van der Waals surface area (Å²) in [5.74, 6) is -0.896.